The van der Waals surface area contributed by atoms with Gasteiger partial charge in [-0.2, -0.15) is 0 Å². The van der Waals surface area contributed by atoms with E-state index < -0.39 is 0 Å². The van der Waals surface area contributed by atoms with Gasteiger partial charge >= 0.3 is 0 Å². The van der Waals surface area contributed by atoms with E-state index in [0.29, 0.717) is 52.0 Å². The van der Waals surface area contributed by atoms with Crippen LogP contribution in [0.25, 0.3) is 0 Å². The van der Waals surface area contributed by atoms with E-state index in [0.717, 1.165) is 11.3 Å². The zero-order chi connectivity index (χ0) is 21.8. The Labute approximate surface area is 182 Å². The van der Waals surface area contributed by atoms with Crippen LogP contribution in [0, 0.1) is 17.8 Å². The lowest BCUT2D eigenvalue weighted by molar-refractivity contribution is -0.141. The molecule has 3 atom stereocenters. The molecule has 4 rings (SSSR count). The first-order chi connectivity index (χ1) is 15.0. The van der Waals surface area contributed by atoms with Crippen molar-refractivity contribution in [1.82, 2.24) is 15.5 Å². The van der Waals surface area contributed by atoms with E-state index >= 15 is 0 Å². The van der Waals surface area contributed by atoms with Crippen LogP contribution in [0.15, 0.2) is 24.3 Å². The molecule has 8 heteroatoms. The number of rotatable bonds is 5. The van der Waals surface area contributed by atoms with Crippen LogP contribution in [0.2, 0.25) is 0 Å². The Kier molecular flexibility index (Phi) is 6.75. The first kappa shape index (κ1) is 21.6. The van der Waals surface area contributed by atoms with Gasteiger partial charge in [-0.05, 0) is 49.3 Å². The van der Waals surface area contributed by atoms with Gasteiger partial charge in [-0.3, -0.25) is 14.4 Å². The van der Waals surface area contributed by atoms with Gasteiger partial charge in [-0.25, -0.2) is 0 Å². The Morgan fingerprint density at radius 3 is 2.81 bits per heavy atom. The Balaban J connectivity index is 1.34. The summed E-state index contributed by atoms with van der Waals surface area (Å²) in [4.78, 5) is 39.9. The number of hydrogen-bond donors (Lipinski definition) is 2. The number of methoxy groups -OCH3 is 1. The molecule has 0 radical (unpaired) electrons. The second-order valence-corrected chi connectivity index (χ2v) is 8.78. The molecule has 2 aliphatic heterocycles. The first-order valence-corrected chi connectivity index (χ1v) is 11.1. The van der Waals surface area contributed by atoms with Crippen molar-refractivity contribution in [3.05, 3.63) is 29.8 Å². The van der Waals surface area contributed by atoms with Gasteiger partial charge in [0.15, 0.2) is 0 Å². The van der Waals surface area contributed by atoms with Gasteiger partial charge in [-0.1, -0.05) is 12.1 Å². The average Bonchev–Trinajstić information content (AvgIpc) is 3.12. The lowest BCUT2D eigenvalue weighted by atomic mass is 9.97. The van der Waals surface area contributed by atoms with E-state index in [1.54, 1.807) is 12.0 Å². The number of hydrogen-bond acceptors (Lipinski definition) is 5. The molecule has 0 unspecified atom stereocenters. The molecule has 3 amide bonds. The quantitative estimate of drug-likeness (QED) is 0.731. The topological polar surface area (TPSA) is 97.0 Å². The number of fused-ring (bicyclic) bond motifs is 1. The summed E-state index contributed by atoms with van der Waals surface area (Å²) < 4.78 is 10.6. The van der Waals surface area contributed by atoms with Gasteiger partial charge < -0.3 is 25.0 Å². The Bertz CT molecular complexity index is 823. The molecule has 1 aliphatic carbocycles. The van der Waals surface area contributed by atoms with Gasteiger partial charge in [0, 0.05) is 44.2 Å². The van der Waals surface area contributed by atoms with Crippen LogP contribution in [0.1, 0.15) is 31.2 Å². The van der Waals surface area contributed by atoms with Crippen LogP contribution in [-0.2, 0) is 25.7 Å². The van der Waals surface area contributed by atoms with E-state index in [-0.39, 0.29) is 48.1 Å². The van der Waals surface area contributed by atoms with Gasteiger partial charge in [-0.15, -0.1) is 0 Å². The monoisotopic (exact) mass is 429 g/mol. The summed E-state index contributed by atoms with van der Waals surface area (Å²) in [5.41, 5.74) is 0.974. The summed E-state index contributed by atoms with van der Waals surface area (Å²) >= 11 is 0. The van der Waals surface area contributed by atoms with E-state index in [2.05, 4.69) is 10.6 Å². The maximum absolute atomic E-state index is 13.0. The van der Waals surface area contributed by atoms with E-state index in [1.165, 1.54) is 0 Å². The molecular weight excluding hydrogens is 398 g/mol. The van der Waals surface area contributed by atoms with Gasteiger partial charge in [0.05, 0.1) is 13.7 Å². The van der Waals surface area contributed by atoms with Gasteiger partial charge in [0.2, 0.25) is 17.7 Å². The van der Waals surface area contributed by atoms with Crippen LogP contribution in [0.3, 0.4) is 0 Å². The van der Waals surface area contributed by atoms with Crippen molar-refractivity contribution in [1.29, 1.82) is 0 Å². The number of nitrogens with zero attached hydrogens (tertiary/aromatic N) is 1. The molecular formula is C23H31N3O5. The molecule has 2 N–H and O–H groups in total. The van der Waals surface area contributed by atoms with Crippen molar-refractivity contribution >= 4 is 17.7 Å². The average molecular weight is 430 g/mol. The molecule has 8 nitrogen and oxygen atoms in total. The molecule has 1 aromatic rings. The largest absolute Gasteiger partial charge is 0.497 e. The van der Waals surface area contributed by atoms with E-state index in [4.69, 9.17) is 9.47 Å². The van der Waals surface area contributed by atoms with Crippen molar-refractivity contribution in [2.45, 2.75) is 38.3 Å². The van der Waals surface area contributed by atoms with Crippen LogP contribution in [0.4, 0.5) is 0 Å². The minimum Gasteiger partial charge on any atom is -0.497 e. The molecule has 2 saturated heterocycles. The molecule has 1 saturated carbocycles. The van der Waals surface area contributed by atoms with Crippen LogP contribution in [-0.4, -0.2) is 62.1 Å². The van der Waals surface area contributed by atoms with Crippen LogP contribution >= 0.6 is 0 Å². The summed E-state index contributed by atoms with van der Waals surface area (Å²) in [6.45, 7) is 2.26. The molecule has 0 bridgehead atoms. The normalized spacial score (nSPS) is 26.5. The summed E-state index contributed by atoms with van der Waals surface area (Å²) in [6, 6.07) is 7.55. The molecule has 0 aromatic heterocycles. The second-order valence-electron chi connectivity index (χ2n) is 8.78. The predicted octanol–water partition coefficient (Wildman–Crippen LogP) is 1.09. The Morgan fingerprint density at radius 2 is 2.03 bits per heavy atom. The number of benzene rings is 1. The van der Waals surface area contributed by atoms with Gasteiger partial charge in [0.25, 0.3) is 0 Å². The lowest BCUT2D eigenvalue weighted by Gasteiger charge is -2.29. The second kappa shape index (κ2) is 9.68. The fraction of sp³-hybridized carbons (Fsp3) is 0.609. The molecule has 3 aliphatic rings. The highest BCUT2D eigenvalue weighted by molar-refractivity contribution is 5.87. The van der Waals surface area contributed by atoms with Crippen molar-refractivity contribution in [3.63, 3.8) is 0 Å². The first-order valence-electron chi connectivity index (χ1n) is 11.1. The number of nitrogens with one attached hydrogen (secondary N) is 2. The van der Waals surface area contributed by atoms with Crippen LogP contribution in [0.5, 0.6) is 5.75 Å². The minimum absolute atomic E-state index is 0.00699. The Morgan fingerprint density at radius 1 is 1.23 bits per heavy atom. The van der Waals surface area contributed by atoms with Crippen LogP contribution < -0.4 is 15.4 Å². The Hall–Kier alpha value is -2.61. The maximum Gasteiger partial charge on any atom is 0.239 e. The number of carbonyl (C=O) groups excluding carboxylic acids is 3. The standard InChI is InChI=1S/C23H31N3O5/c1-30-19-4-2-3-15(9-19)12-24-22(28)17-10-18-13-26(14-21(27)25-20(18)11-17)23(29)16-5-7-31-8-6-16/h2-4,9,16-18,20H,5-8,10-14H2,1H3,(H,24,28)(H,25,27)/t17-,18+,20+/m0/s1. The van der Waals surface area contributed by atoms with Crippen molar-refractivity contribution in [2.24, 2.45) is 17.8 Å². The highest BCUT2D eigenvalue weighted by Crippen LogP contribution is 2.34. The molecule has 168 valence electrons. The molecule has 1 aromatic carbocycles. The highest BCUT2D eigenvalue weighted by atomic mass is 16.5. The smallest absolute Gasteiger partial charge is 0.239 e. The fourth-order valence-electron chi connectivity index (χ4n) is 4.98. The maximum atomic E-state index is 13.0. The summed E-state index contributed by atoms with van der Waals surface area (Å²) in [6.07, 6.45) is 2.70. The minimum atomic E-state index is -0.168. The summed E-state index contributed by atoms with van der Waals surface area (Å²) in [5.74, 6) is 0.526. The molecule has 31 heavy (non-hydrogen) atoms. The van der Waals surface area contributed by atoms with Gasteiger partial charge in [0.1, 0.15) is 5.75 Å². The van der Waals surface area contributed by atoms with E-state index in [1.807, 2.05) is 24.3 Å². The molecule has 0 spiro atoms. The number of carbonyl (C=O) groups is 3. The SMILES string of the molecule is COc1cccc(CNC(=O)[C@H]2C[C@@H]3CN(C(=O)C4CCOCC4)CC(=O)N[C@@H]3C2)c1. The summed E-state index contributed by atoms with van der Waals surface area (Å²) in [5, 5.41) is 6.06. The third-order valence-corrected chi connectivity index (χ3v) is 6.68. The molecule has 2 heterocycles. The molecule has 3 fully saturated rings. The number of ether oxygens (including phenoxy) is 2. The third-order valence-electron chi connectivity index (χ3n) is 6.68. The van der Waals surface area contributed by atoms with Crippen molar-refractivity contribution in [2.75, 3.05) is 33.4 Å². The zero-order valence-corrected chi connectivity index (χ0v) is 18.0. The lowest BCUT2D eigenvalue weighted by Crippen LogP contribution is -2.43. The fourth-order valence-corrected chi connectivity index (χ4v) is 4.98. The highest BCUT2D eigenvalue weighted by Gasteiger charge is 2.42. The van der Waals surface area contributed by atoms with Crippen molar-refractivity contribution in [3.8, 4) is 5.75 Å². The van der Waals surface area contributed by atoms with Crippen molar-refractivity contribution < 1.29 is 23.9 Å². The zero-order valence-electron chi connectivity index (χ0n) is 18.0. The predicted molar refractivity (Wildman–Crippen MR) is 113 cm³/mol. The third kappa shape index (κ3) is 5.18. The number of amides is 3. The summed E-state index contributed by atoms with van der Waals surface area (Å²) in [7, 11) is 1.62. The van der Waals surface area contributed by atoms with E-state index in [9.17, 15) is 14.4 Å².